The van der Waals surface area contributed by atoms with Gasteiger partial charge in [0.05, 0.1) is 0 Å². The van der Waals surface area contributed by atoms with E-state index in [1.807, 2.05) is 0 Å². The number of hydrogen-bond donors (Lipinski definition) is 2. The van der Waals surface area contributed by atoms with Gasteiger partial charge in [-0.15, -0.1) is 0 Å². The summed E-state index contributed by atoms with van der Waals surface area (Å²) in [5.74, 6) is 6.47. The molecule has 2 nitrogen and oxygen atoms in total. The SMILES string of the molecule is C1=CC2C=CC3C4CC5CNNC5CC4CCC3C2C1. The van der Waals surface area contributed by atoms with Crippen LogP contribution in [0.1, 0.15) is 32.1 Å². The Bertz CT molecular complexity index is 454. The number of hydrogen-bond acceptors (Lipinski definition) is 2. The molecule has 0 bridgehead atoms. The predicted molar refractivity (Wildman–Crippen MR) is 80.7 cm³/mol. The summed E-state index contributed by atoms with van der Waals surface area (Å²) in [6, 6.07) is 0.765. The Morgan fingerprint density at radius 1 is 0.850 bits per heavy atom. The van der Waals surface area contributed by atoms with Crippen molar-refractivity contribution in [2.75, 3.05) is 6.54 Å². The topological polar surface area (TPSA) is 24.1 Å². The van der Waals surface area contributed by atoms with E-state index in [0.29, 0.717) is 0 Å². The maximum Gasteiger partial charge on any atom is 0.0256 e. The molecule has 0 aromatic rings. The lowest BCUT2D eigenvalue weighted by molar-refractivity contribution is 0.0201. The first-order chi connectivity index (χ1) is 9.90. The minimum atomic E-state index is 0.765. The van der Waals surface area contributed by atoms with Crippen LogP contribution in [0.3, 0.4) is 0 Å². The molecule has 0 amide bonds. The zero-order chi connectivity index (χ0) is 13.1. The van der Waals surface area contributed by atoms with Gasteiger partial charge in [-0.25, -0.2) is 0 Å². The van der Waals surface area contributed by atoms with Gasteiger partial charge in [0.25, 0.3) is 0 Å². The monoisotopic (exact) mass is 270 g/mol. The Hall–Kier alpha value is -0.600. The van der Waals surface area contributed by atoms with Gasteiger partial charge in [0, 0.05) is 12.6 Å². The third-order valence-corrected chi connectivity index (χ3v) is 7.18. The molecule has 4 aliphatic carbocycles. The third-order valence-electron chi connectivity index (χ3n) is 7.18. The summed E-state index contributed by atoms with van der Waals surface area (Å²) in [6.07, 6.45) is 17.3. The van der Waals surface area contributed by atoms with Crippen LogP contribution < -0.4 is 10.9 Å². The van der Waals surface area contributed by atoms with Crippen LogP contribution in [0.4, 0.5) is 0 Å². The van der Waals surface area contributed by atoms with E-state index in [0.717, 1.165) is 47.5 Å². The van der Waals surface area contributed by atoms with Gasteiger partial charge in [0.1, 0.15) is 0 Å². The highest BCUT2D eigenvalue weighted by molar-refractivity contribution is 5.19. The first kappa shape index (κ1) is 12.0. The van der Waals surface area contributed by atoms with Gasteiger partial charge < -0.3 is 0 Å². The average molecular weight is 270 g/mol. The van der Waals surface area contributed by atoms with Crippen LogP contribution in [-0.2, 0) is 0 Å². The van der Waals surface area contributed by atoms with Gasteiger partial charge in [-0.3, -0.25) is 10.9 Å². The van der Waals surface area contributed by atoms with E-state index in [-0.39, 0.29) is 0 Å². The minimum absolute atomic E-state index is 0.765. The molecular weight excluding hydrogens is 244 g/mol. The fourth-order valence-electron chi connectivity index (χ4n) is 6.24. The summed E-state index contributed by atoms with van der Waals surface area (Å²) in [5, 5.41) is 0. The van der Waals surface area contributed by atoms with Crippen LogP contribution in [0.25, 0.3) is 0 Å². The number of allylic oxidation sites excluding steroid dienone is 4. The fourth-order valence-corrected chi connectivity index (χ4v) is 6.24. The molecule has 2 heteroatoms. The maximum absolute atomic E-state index is 3.52. The highest BCUT2D eigenvalue weighted by Gasteiger charge is 2.49. The maximum atomic E-state index is 3.52. The van der Waals surface area contributed by atoms with Crippen molar-refractivity contribution in [2.24, 2.45) is 41.4 Å². The number of fused-ring (bicyclic) bond motifs is 6. The van der Waals surface area contributed by atoms with E-state index >= 15 is 0 Å². The third kappa shape index (κ3) is 1.64. The molecule has 1 heterocycles. The molecule has 0 aromatic carbocycles. The molecule has 0 spiro atoms. The van der Waals surface area contributed by atoms with Crippen molar-refractivity contribution in [3.63, 3.8) is 0 Å². The van der Waals surface area contributed by atoms with Crippen molar-refractivity contribution in [2.45, 2.75) is 38.1 Å². The predicted octanol–water partition coefficient (Wildman–Crippen LogP) is 2.89. The van der Waals surface area contributed by atoms with Crippen molar-refractivity contribution in [3.05, 3.63) is 24.3 Å². The average Bonchev–Trinajstić information content (AvgIpc) is 3.12. The molecule has 5 rings (SSSR count). The van der Waals surface area contributed by atoms with Crippen molar-refractivity contribution in [1.82, 2.24) is 10.9 Å². The first-order valence-electron chi connectivity index (χ1n) is 8.73. The van der Waals surface area contributed by atoms with Crippen LogP contribution in [-0.4, -0.2) is 12.6 Å². The van der Waals surface area contributed by atoms with Crippen LogP contribution >= 0.6 is 0 Å². The molecule has 8 unspecified atom stereocenters. The molecule has 2 N–H and O–H groups in total. The number of nitrogens with one attached hydrogen (secondary N) is 2. The second kappa shape index (κ2) is 4.45. The molecule has 3 fully saturated rings. The van der Waals surface area contributed by atoms with E-state index in [4.69, 9.17) is 0 Å². The largest absolute Gasteiger partial charge is 0.257 e. The molecule has 108 valence electrons. The lowest BCUT2D eigenvalue weighted by Crippen LogP contribution is -2.47. The zero-order valence-electron chi connectivity index (χ0n) is 12.2. The van der Waals surface area contributed by atoms with Crippen LogP contribution in [0.5, 0.6) is 0 Å². The second-order valence-corrected chi connectivity index (χ2v) is 7.90. The van der Waals surface area contributed by atoms with E-state index < -0.39 is 0 Å². The quantitative estimate of drug-likeness (QED) is 0.661. The van der Waals surface area contributed by atoms with E-state index in [1.165, 1.54) is 38.6 Å². The normalized spacial score (nSPS) is 56.0. The van der Waals surface area contributed by atoms with Gasteiger partial charge in [-0.05, 0) is 73.5 Å². The molecule has 5 aliphatic rings. The Balaban J connectivity index is 1.42. The Morgan fingerprint density at radius 3 is 2.85 bits per heavy atom. The Morgan fingerprint density at radius 2 is 1.85 bits per heavy atom. The van der Waals surface area contributed by atoms with Crippen molar-refractivity contribution >= 4 is 0 Å². The van der Waals surface area contributed by atoms with Crippen LogP contribution in [0.2, 0.25) is 0 Å². The van der Waals surface area contributed by atoms with Crippen molar-refractivity contribution < 1.29 is 0 Å². The van der Waals surface area contributed by atoms with E-state index in [1.54, 1.807) is 0 Å². The number of rotatable bonds is 0. The van der Waals surface area contributed by atoms with Gasteiger partial charge in [0.2, 0.25) is 0 Å². The smallest absolute Gasteiger partial charge is 0.0256 e. The minimum Gasteiger partial charge on any atom is -0.257 e. The molecule has 0 radical (unpaired) electrons. The highest BCUT2D eigenvalue weighted by Crippen LogP contribution is 2.55. The molecule has 20 heavy (non-hydrogen) atoms. The summed E-state index contributed by atoms with van der Waals surface area (Å²) in [6.45, 7) is 1.20. The summed E-state index contributed by atoms with van der Waals surface area (Å²) < 4.78 is 0. The van der Waals surface area contributed by atoms with Crippen LogP contribution in [0.15, 0.2) is 24.3 Å². The zero-order valence-corrected chi connectivity index (χ0v) is 12.2. The summed E-state index contributed by atoms with van der Waals surface area (Å²) in [4.78, 5) is 0. The second-order valence-electron chi connectivity index (χ2n) is 7.90. The Labute approximate surface area is 122 Å². The number of hydrazine groups is 1. The van der Waals surface area contributed by atoms with Gasteiger partial charge in [0.15, 0.2) is 0 Å². The lowest BCUT2D eigenvalue weighted by Gasteiger charge is -2.51. The summed E-state index contributed by atoms with van der Waals surface area (Å²) >= 11 is 0. The lowest BCUT2D eigenvalue weighted by atomic mass is 9.54. The molecular formula is C18H26N2. The fraction of sp³-hybridized carbons (Fsp3) is 0.778. The standard InChI is InChI=1S/C18H26N2/c1-2-11-4-6-16-15(14(11)3-1)7-5-12-9-18-13(8-17(12)16)10-19-20-18/h1-2,4,6,11-20H,3,5,7-10H2. The van der Waals surface area contributed by atoms with Crippen molar-refractivity contribution in [3.8, 4) is 0 Å². The van der Waals surface area contributed by atoms with Gasteiger partial charge >= 0.3 is 0 Å². The molecule has 1 saturated heterocycles. The van der Waals surface area contributed by atoms with Crippen LogP contribution in [0, 0.1) is 41.4 Å². The Kier molecular flexibility index (Phi) is 2.67. The molecule has 0 aromatic heterocycles. The van der Waals surface area contributed by atoms with Crippen molar-refractivity contribution in [1.29, 1.82) is 0 Å². The van der Waals surface area contributed by atoms with E-state index in [9.17, 15) is 0 Å². The van der Waals surface area contributed by atoms with Gasteiger partial charge in [-0.1, -0.05) is 24.3 Å². The van der Waals surface area contributed by atoms with Gasteiger partial charge in [-0.2, -0.15) is 0 Å². The first-order valence-corrected chi connectivity index (χ1v) is 8.73. The molecule has 2 saturated carbocycles. The summed E-state index contributed by atoms with van der Waals surface area (Å²) in [5.41, 5.74) is 6.93. The highest BCUT2D eigenvalue weighted by atomic mass is 15.4. The molecule has 1 aliphatic heterocycles. The van der Waals surface area contributed by atoms with E-state index in [2.05, 4.69) is 35.2 Å². The summed E-state index contributed by atoms with van der Waals surface area (Å²) in [7, 11) is 0. The molecule has 8 atom stereocenters.